The Balaban J connectivity index is 1.92. The first-order chi connectivity index (χ1) is 10.5. The molecule has 8 heteroatoms. The molecule has 22 heavy (non-hydrogen) atoms. The first-order valence-corrected chi connectivity index (χ1v) is 8.00. The fourth-order valence-electron chi connectivity index (χ4n) is 2.09. The molecule has 0 bridgehead atoms. The summed E-state index contributed by atoms with van der Waals surface area (Å²) in [6, 6.07) is 8.99. The molecule has 0 spiro atoms. The van der Waals surface area contributed by atoms with E-state index in [9.17, 15) is 13.2 Å². The summed E-state index contributed by atoms with van der Waals surface area (Å²) < 4.78 is 32.2. The molecule has 0 aliphatic carbocycles. The van der Waals surface area contributed by atoms with E-state index < -0.39 is 21.8 Å². The number of oxazole rings is 1. The molecule has 2 heterocycles. The maximum absolute atomic E-state index is 12.4. The third kappa shape index (κ3) is 2.78. The predicted octanol–water partition coefficient (Wildman–Crippen LogP) is 1.56. The van der Waals surface area contributed by atoms with Crippen molar-refractivity contribution in [3.8, 4) is 0 Å². The number of sulfonamides is 1. The smallest absolute Gasteiger partial charge is 0.408 e. The van der Waals surface area contributed by atoms with Crippen LogP contribution in [0.5, 0.6) is 0 Å². The molecule has 0 radical (unpaired) electrons. The molecule has 0 fully saturated rings. The van der Waals surface area contributed by atoms with E-state index in [-0.39, 0.29) is 10.5 Å². The van der Waals surface area contributed by atoms with Gasteiger partial charge in [0.1, 0.15) is 0 Å². The van der Waals surface area contributed by atoms with E-state index in [0.29, 0.717) is 11.2 Å². The molecule has 0 aliphatic rings. The number of H-pyrrole nitrogens is 1. The van der Waals surface area contributed by atoms with Gasteiger partial charge in [0.05, 0.1) is 22.1 Å². The lowest BCUT2D eigenvalue weighted by Crippen LogP contribution is -2.27. The average molecular weight is 319 g/mol. The second-order valence-corrected chi connectivity index (χ2v) is 6.48. The summed E-state index contributed by atoms with van der Waals surface area (Å²) in [7, 11) is -3.76. The van der Waals surface area contributed by atoms with Gasteiger partial charge in [-0.25, -0.2) is 17.9 Å². The number of benzene rings is 1. The number of hydrogen-bond donors (Lipinski definition) is 2. The van der Waals surface area contributed by atoms with Gasteiger partial charge in [0, 0.05) is 12.3 Å². The monoisotopic (exact) mass is 319 g/mol. The minimum absolute atomic E-state index is 0.0190. The first-order valence-electron chi connectivity index (χ1n) is 6.52. The van der Waals surface area contributed by atoms with Crippen molar-refractivity contribution in [1.82, 2.24) is 14.7 Å². The standard InChI is InChI=1S/C14H13N3O4S/c1-9(11-4-2-3-7-15-11)17-22(19,20)10-5-6-12-13(8-10)21-14(18)16-12/h2-9,17H,1H3,(H,16,18). The zero-order chi connectivity index (χ0) is 15.7. The number of hydrogen-bond acceptors (Lipinski definition) is 5. The van der Waals surface area contributed by atoms with Crippen LogP contribution < -0.4 is 10.5 Å². The van der Waals surface area contributed by atoms with Gasteiger partial charge in [0.25, 0.3) is 0 Å². The Labute approximate surface area is 126 Å². The highest BCUT2D eigenvalue weighted by Gasteiger charge is 2.20. The largest absolute Gasteiger partial charge is 0.417 e. The van der Waals surface area contributed by atoms with Crippen LogP contribution in [0.4, 0.5) is 0 Å². The van der Waals surface area contributed by atoms with Crippen LogP contribution in [0.25, 0.3) is 11.1 Å². The van der Waals surface area contributed by atoms with E-state index in [1.807, 2.05) is 0 Å². The molecule has 2 aromatic heterocycles. The zero-order valence-electron chi connectivity index (χ0n) is 11.6. The van der Waals surface area contributed by atoms with E-state index in [4.69, 9.17) is 4.42 Å². The summed E-state index contributed by atoms with van der Waals surface area (Å²) in [5, 5.41) is 0. The predicted molar refractivity (Wildman–Crippen MR) is 79.8 cm³/mol. The van der Waals surface area contributed by atoms with Crippen LogP contribution in [-0.2, 0) is 10.0 Å². The topological polar surface area (TPSA) is 105 Å². The molecule has 2 N–H and O–H groups in total. The molecule has 0 saturated heterocycles. The molecule has 3 aromatic rings. The van der Waals surface area contributed by atoms with Crippen LogP contribution in [0.2, 0.25) is 0 Å². The highest BCUT2D eigenvalue weighted by molar-refractivity contribution is 7.89. The van der Waals surface area contributed by atoms with Gasteiger partial charge in [-0.2, -0.15) is 0 Å². The summed E-state index contributed by atoms with van der Waals surface area (Å²) in [5.74, 6) is -0.626. The Morgan fingerprint density at radius 3 is 2.82 bits per heavy atom. The van der Waals surface area contributed by atoms with E-state index in [1.165, 1.54) is 18.2 Å². The molecule has 3 rings (SSSR count). The Morgan fingerprint density at radius 2 is 2.09 bits per heavy atom. The number of rotatable bonds is 4. The Kier molecular flexibility index (Phi) is 3.55. The highest BCUT2D eigenvalue weighted by atomic mass is 32.2. The van der Waals surface area contributed by atoms with Crippen LogP contribution in [-0.4, -0.2) is 18.4 Å². The quantitative estimate of drug-likeness (QED) is 0.759. The van der Waals surface area contributed by atoms with Crippen LogP contribution in [0.15, 0.2) is 56.7 Å². The van der Waals surface area contributed by atoms with Crippen molar-refractivity contribution in [1.29, 1.82) is 0 Å². The van der Waals surface area contributed by atoms with Gasteiger partial charge in [0.15, 0.2) is 5.58 Å². The van der Waals surface area contributed by atoms with Crippen LogP contribution >= 0.6 is 0 Å². The van der Waals surface area contributed by atoms with Crippen LogP contribution in [0.1, 0.15) is 18.7 Å². The molecule has 1 unspecified atom stereocenters. The third-order valence-corrected chi connectivity index (χ3v) is 4.70. The lowest BCUT2D eigenvalue weighted by molar-refractivity contribution is 0.551. The molecule has 0 saturated carbocycles. The van der Waals surface area contributed by atoms with E-state index in [2.05, 4.69) is 14.7 Å². The van der Waals surface area contributed by atoms with Gasteiger partial charge in [0.2, 0.25) is 10.0 Å². The average Bonchev–Trinajstić information content (AvgIpc) is 2.86. The first kappa shape index (κ1) is 14.5. The molecular formula is C14H13N3O4S. The number of nitrogens with one attached hydrogen (secondary N) is 2. The van der Waals surface area contributed by atoms with Crippen molar-refractivity contribution < 1.29 is 12.8 Å². The number of aromatic nitrogens is 2. The number of pyridine rings is 1. The maximum atomic E-state index is 12.4. The zero-order valence-corrected chi connectivity index (χ0v) is 12.4. The number of aromatic amines is 1. The SMILES string of the molecule is CC(NS(=O)(=O)c1ccc2[nH]c(=O)oc2c1)c1ccccn1. The summed E-state index contributed by atoms with van der Waals surface area (Å²) in [4.78, 5) is 17.7. The molecule has 1 aromatic carbocycles. The fraction of sp³-hybridized carbons (Fsp3) is 0.143. The van der Waals surface area contributed by atoms with Gasteiger partial charge >= 0.3 is 5.76 Å². The van der Waals surface area contributed by atoms with Gasteiger partial charge in [-0.3, -0.25) is 9.97 Å². The van der Waals surface area contributed by atoms with Crippen molar-refractivity contribution in [2.75, 3.05) is 0 Å². The van der Waals surface area contributed by atoms with Gasteiger partial charge in [-0.15, -0.1) is 0 Å². The molecule has 7 nitrogen and oxygen atoms in total. The third-order valence-electron chi connectivity index (χ3n) is 3.17. The Bertz CT molecular complexity index is 960. The highest BCUT2D eigenvalue weighted by Crippen LogP contribution is 2.19. The van der Waals surface area contributed by atoms with E-state index in [1.54, 1.807) is 31.3 Å². The van der Waals surface area contributed by atoms with Crippen molar-refractivity contribution in [3.63, 3.8) is 0 Å². The molecule has 0 aliphatic heterocycles. The van der Waals surface area contributed by atoms with Crippen molar-refractivity contribution in [2.24, 2.45) is 0 Å². The van der Waals surface area contributed by atoms with Crippen LogP contribution in [0.3, 0.4) is 0 Å². The summed E-state index contributed by atoms with van der Waals surface area (Å²) in [6.45, 7) is 1.70. The van der Waals surface area contributed by atoms with Gasteiger partial charge in [-0.05, 0) is 31.2 Å². The van der Waals surface area contributed by atoms with Crippen molar-refractivity contribution >= 4 is 21.1 Å². The van der Waals surface area contributed by atoms with Crippen molar-refractivity contribution in [2.45, 2.75) is 17.9 Å². The maximum Gasteiger partial charge on any atom is 0.417 e. The van der Waals surface area contributed by atoms with E-state index >= 15 is 0 Å². The number of nitrogens with zero attached hydrogens (tertiary/aromatic N) is 1. The Hall–Kier alpha value is -2.45. The molecule has 1 atom stereocenters. The van der Waals surface area contributed by atoms with Gasteiger partial charge < -0.3 is 4.42 Å². The summed E-state index contributed by atoms with van der Waals surface area (Å²) in [5.41, 5.74) is 1.25. The normalized spacial score (nSPS) is 13.3. The molecule has 114 valence electrons. The van der Waals surface area contributed by atoms with Crippen molar-refractivity contribution in [3.05, 3.63) is 58.8 Å². The molecule has 0 amide bonds. The second kappa shape index (κ2) is 5.39. The van der Waals surface area contributed by atoms with Crippen LogP contribution in [0, 0.1) is 0 Å². The number of fused-ring (bicyclic) bond motifs is 1. The fourth-order valence-corrected chi connectivity index (χ4v) is 3.32. The second-order valence-electron chi connectivity index (χ2n) is 4.77. The minimum atomic E-state index is -3.76. The lowest BCUT2D eigenvalue weighted by Gasteiger charge is -2.13. The lowest BCUT2D eigenvalue weighted by atomic mass is 10.2. The van der Waals surface area contributed by atoms with Gasteiger partial charge in [-0.1, -0.05) is 6.07 Å². The molecular weight excluding hydrogens is 306 g/mol. The summed E-state index contributed by atoms with van der Waals surface area (Å²) >= 11 is 0. The van der Waals surface area contributed by atoms with E-state index in [0.717, 1.165) is 0 Å². The Morgan fingerprint density at radius 1 is 1.27 bits per heavy atom. The minimum Gasteiger partial charge on any atom is -0.408 e. The summed E-state index contributed by atoms with van der Waals surface area (Å²) in [6.07, 6.45) is 1.60.